The Balaban J connectivity index is 2.65. The lowest BCUT2D eigenvalue weighted by atomic mass is 9.96. The van der Waals surface area contributed by atoms with Gasteiger partial charge in [0.15, 0.2) is 0 Å². The largest absolute Gasteiger partial charge is 0.379 e. The van der Waals surface area contributed by atoms with Crippen molar-refractivity contribution in [2.24, 2.45) is 0 Å². The lowest BCUT2D eigenvalue weighted by molar-refractivity contribution is 0.00752. The van der Waals surface area contributed by atoms with Crippen molar-refractivity contribution >= 4 is 0 Å². The molecule has 18 heavy (non-hydrogen) atoms. The molecule has 0 bridgehead atoms. The Kier molecular flexibility index (Phi) is 5.82. The summed E-state index contributed by atoms with van der Waals surface area (Å²) >= 11 is 0. The van der Waals surface area contributed by atoms with Crippen molar-refractivity contribution in [2.75, 3.05) is 14.2 Å². The van der Waals surface area contributed by atoms with Crippen LogP contribution in [0.4, 0.5) is 0 Å². The van der Waals surface area contributed by atoms with Crippen LogP contribution in [0.25, 0.3) is 0 Å². The summed E-state index contributed by atoms with van der Waals surface area (Å²) in [6.45, 7) is 7.47. The average molecular weight is 253 g/mol. The van der Waals surface area contributed by atoms with E-state index in [1.54, 1.807) is 7.11 Å². The minimum absolute atomic E-state index is 0.101. The van der Waals surface area contributed by atoms with Crippen molar-refractivity contribution in [3.63, 3.8) is 0 Å². The minimum atomic E-state index is -0.101. The molecule has 0 aromatic carbocycles. The topological polar surface area (TPSA) is 39.1 Å². The molecule has 1 N–H and O–H groups in total. The van der Waals surface area contributed by atoms with Gasteiger partial charge in [0, 0.05) is 38.5 Å². The van der Waals surface area contributed by atoms with E-state index in [1.807, 2.05) is 13.2 Å². The van der Waals surface area contributed by atoms with Crippen LogP contribution in [0.2, 0.25) is 0 Å². The predicted octanol–water partition coefficient (Wildman–Crippen LogP) is 2.24. The monoisotopic (exact) mass is 253 g/mol. The molecule has 4 heteroatoms. The number of aromatic nitrogens is 2. The average Bonchev–Trinajstić information content (AvgIpc) is 2.76. The van der Waals surface area contributed by atoms with Gasteiger partial charge in [0.25, 0.3) is 0 Å². The maximum atomic E-state index is 5.50. The van der Waals surface area contributed by atoms with Gasteiger partial charge >= 0.3 is 0 Å². The SMILES string of the molecule is CCCn1ccnc1CC(CC(C)(C)OC)NC. The van der Waals surface area contributed by atoms with Gasteiger partial charge in [-0.05, 0) is 33.7 Å². The van der Waals surface area contributed by atoms with E-state index in [0.717, 1.165) is 31.6 Å². The molecule has 0 fully saturated rings. The summed E-state index contributed by atoms with van der Waals surface area (Å²) in [4.78, 5) is 4.46. The molecule has 104 valence electrons. The Morgan fingerprint density at radius 2 is 2.22 bits per heavy atom. The quantitative estimate of drug-likeness (QED) is 0.772. The number of hydrogen-bond donors (Lipinski definition) is 1. The van der Waals surface area contributed by atoms with Crippen molar-refractivity contribution < 1.29 is 4.74 Å². The standard InChI is InChI=1S/C14H27N3O/c1-6-8-17-9-7-16-13(17)10-12(15-4)11-14(2,3)18-5/h7,9,12,15H,6,8,10-11H2,1-5H3. The van der Waals surface area contributed by atoms with Gasteiger partial charge in [0.1, 0.15) is 5.82 Å². The van der Waals surface area contributed by atoms with E-state index in [9.17, 15) is 0 Å². The highest BCUT2D eigenvalue weighted by Crippen LogP contribution is 2.17. The summed E-state index contributed by atoms with van der Waals surface area (Å²) in [6, 6.07) is 0.387. The Morgan fingerprint density at radius 3 is 2.78 bits per heavy atom. The Morgan fingerprint density at radius 1 is 1.50 bits per heavy atom. The molecule has 4 nitrogen and oxygen atoms in total. The number of nitrogens with zero attached hydrogens (tertiary/aromatic N) is 2. The number of nitrogens with one attached hydrogen (secondary N) is 1. The van der Waals surface area contributed by atoms with E-state index in [4.69, 9.17) is 4.74 Å². The van der Waals surface area contributed by atoms with Gasteiger partial charge in [-0.25, -0.2) is 4.98 Å². The highest BCUT2D eigenvalue weighted by molar-refractivity contribution is 4.96. The number of rotatable bonds is 8. The second-order valence-corrected chi connectivity index (χ2v) is 5.39. The molecule has 1 heterocycles. The van der Waals surface area contributed by atoms with Crippen LogP contribution in [0.3, 0.4) is 0 Å². The van der Waals surface area contributed by atoms with Gasteiger partial charge in [-0.1, -0.05) is 6.92 Å². The van der Waals surface area contributed by atoms with Gasteiger partial charge < -0.3 is 14.6 Å². The smallest absolute Gasteiger partial charge is 0.110 e. The Bertz CT molecular complexity index is 347. The zero-order chi connectivity index (χ0) is 13.6. The third-order valence-corrected chi connectivity index (χ3v) is 3.39. The molecule has 0 saturated carbocycles. The van der Waals surface area contributed by atoms with E-state index in [1.165, 1.54) is 0 Å². The van der Waals surface area contributed by atoms with E-state index in [-0.39, 0.29) is 5.60 Å². The second-order valence-electron chi connectivity index (χ2n) is 5.39. The molecule has 1 aromatic rings. The molecule has 0 saturated heterocycles. The van der Waals surface area contributed by atoms with Crippen LogP contribution < -0.4 is 5.32 Å². The third-order valence-electron chi connectivity index (χ3n) is 3.39. The first-order valence-electron chi connectivity index (χ1n) is 6.74. The van der Waals surface area contributed by atoms with Gasteiger partial charge in [0.2, 0.25) is 0 Å². The fourth-order valence-electron chi connectivity index (χ4n) is 2.15. The molecule has 0 amide bonds. The molecule has 1 atom stereocenters. The van der Waals surface area contributed by atoms with E-state index >= 15 is 0 Å². The van der Waals surface area contributed by atoms with Crippen molar-refractivity contribution in [1.82, 2.24) is 14.9 Å². The van der Waals surface area contributed by atoms with Crippen LogP contribution in [0, 0.1) is 0 Å². The number of ether oxygens (including phenoxy) is 1. The fraction of sp³-hybridized carbons (Fsp3) is 0.786. The summed E-state index contributed by atoms with van der Waals surface area (Å²) in [5.41, 5.74) is -0.101. The molecular formula is C14H27N3O. The first kappa shape index (κ1) is 15.2. The Hall–Kier alpha value is -0.870. The van der Waals surface area contributed by atoms with Crippen molar-refractivity contribution in [1.29, 1.82) is 0 Å². The Labute approximate surface area is 111 Å². The molecule has 1 rings (SSSR count). The molecule has 0 aliphatic carbocycles. The van der Waals surface area contributed by atoms with Crippen molar-refractivity contribution in [3.8, 4) is 0 Å². The normalized spacial score (nSPS) is 13.8. The number of likely N-dealkylation sites (N-methyl/N-ethyl adjacent to an activating group) is 1. The molecule has 0 spiro atoms. The number of hydrogen-bond acceptors (Lipinski definition) is 3. The van der Waals surface area contributed by atoms with Crippen molar-refractivity contribution in [2.45, 2.75) is 58.2 Å². The van der Waals surface area contributed by atoms with E-state index in [2.05, 4.69) is 41.8 Å². The third kappa shape index (κ3) is 4.42. The van der Waals surface area contributed by atoms with Crippen LogP contribution in [0.5, 0.6) is 0 Å². The molecule has 1 aromatic heterocycles. The highest BCUT2D eigenvalue weighted by Gasteiger charge is 2.23. The highest BCUT2D eigenvalue weighted by atomic mass is 16.5. The summed E-state index contributed by atoms with van der Waals surface area (Å²) < 4.78 is 7.74. The lowest BCUT2D eigenvalue weighted by Gasteiger charge is -2.28. The summed E-state index contributed by atoms with van der Waals surface area (Å²) in [7, 11) is 3.77. The second kappa shape index (κ2) is 6.90. The van der Waals surface area contributed by atoms with Gasteiger partial charge in [0.05, 0.1) is 5.60 Å². The zero-order valence-electron chi connectivity index (χ0n) is 12.4. The lowest BCUT2D eigenvalue weighted by Crippen LogP contribution is -2.37. The molecule has 0 aliphatic rings. The summed E-state index contributed by atoms with van der Waals surface area (Å²) in [5, 5.41) is 3.37. The molecule has 1 unspecified atom stereocenters. The number of methoxy groups -OCH3 is 1. The van der Waals surface area contributed by atoms with Crippen LogP contribution in [0.1, 0.15) is 39.4 Å². The predicted molar refractivity (Wildman–Crippen MR) is 74.8 cm³/mol. The van der Waals surface area contributed by atoms with Crippen molar-refractivity contribution in [3.05, 3.63) is 18.2 Å². The number of aryl methyl sites for hydroxylation is 1. The minimum Gasteiger partial charge on any atom is -0.379 e. The summed E-state index contributed by atoms with van der Waals surface area (Å²) in [6.07, 6.45) is 7.00. The first-order chi connectivity index (χ1) is 8.52. The van der Waals surface area contributed by atoms with Crippen LogP contribution >= 0.6 is 0 Å². The molecule has 0 radical (unpaired) electrons. The van der Waals surface area contributed by atoms with Crippen LogP contribution in [-0.4, -0.2) is 35.4 Å². The zero-order valence-corrected chi connectivity index (χ0v) is 12.4. The first-order valence-corrected chi connectivity index (χ1v) is 6.74. The van der Waals surface area contributed by atoms with Gasteiger partial charge in [-0.3, -0.25) is 0 Å². The fourth-order valence-corrected chi connectivity index (χ4v) is 2.15. The van der Waals surface area contributed by atoms with Crippen LogP contribution in [0.15, 0.2) is 12.4 Å². The molecule has 0 aliphatic heterocycles. The molecular weight excluding hydrogens is 226 g/mol. The van der Waals surface area contributed by atoms with Crippen LogP contribution in [-0.2, 0) is 17.7 Å². The maximum Gasteiger partial charge on any atom is 0.110 e. The number of imidazole rings is 1. The van der Waals surface area contributed by atoms with Gasteiger partial charge in [-0.2, -0.15) is 0 Å². The van der Waals surface area contributed by atoms with Gasteiger partial charge in [-0.15, -0.1) is 0 Å². The van der Waals surface area contributed by atoms with E-state index in [0.29, 0.717) is 6.04 Å². The van der Waals surface area contributed by atoms with E-state index < -0.39 is 0 Å². The maximum absolute atomic E-state index is 5.50. The summed E-state index contributed by atoms with van der Waals surface area (Å²) in [5.74, 6) is 1.16.